The highest BCUT2D eigenvalue weighted by Crippen LogP contribution is 2.32. The van der Waals surface area contributed by atoms with Crippen molar-refractivity contribution in [2.24, 2.45) is 0 Å². The van der Waals surface area contributed by atoms with Gasteiger partial charge in [-0.2, -0.15) is 4.98 Å². The van der Waals surface area contributed by atoms with Crippen LogP contribution in [0.3, 0.4) is 0 Å². The Bertz CT molecular complexity index is 1060. The Hall–Kier alpha value is -2.84. The minimum atomic E-state index is -3.86. The van der Waals surface area contributed by atoms with E-state index in [1.54, 1.807) is 12.1 Å². The van der Waals surface area contributed by atoms with E-state index in [4.69, 9.17) is 13.9 Å². The molecule has 0 N–H and O–H groups in total. The van der Waals surface area contributed by atoms with E-state index >= 15 is 0 Å². The Morgan fingerprint density at radius 3 is 2.38 bits per heavy atom. The van der Waals surface area contributed by atoms with E-state index in [2.05, 4.69) is 4.98 Å². The van der Waals surface area contributed by atoms with E-state index in [-0.39, 0.29) is 15.8 Å². The molecule has 0 amide bonds. The van der Waals surface area contributed by atoms with Crippen molar-refractivity contribution < 1.29 is 22.3 Å². The number of hydrogen-bond donors (Lipinski definition) is 0. The van der Waals surface area contributed by atoms with Gasteiger partial charge in [-0.25, -0.2) is 8.42 Å². The van der Waals surface area contributed by atoms with Gasteiger partial charge >= 0.3 is 0 Å². The molecule has 0 radical (unpaired) electrons. The molecule has 7 nitrogen and oxygen atoms in total. The fourth-order valence-electron chi connectivity index (χ4n) is 3.19. The van der Waals surface area contributed by atoms with Crippen LogP contribution >= 0.6 is 0 Å². The second-order valence-electron chi connectivity index (χ2n) is 6.66. The van der Waals surface area contributed by atoms with Crippen LogP contribution in [0.5, 0.6) is 5.75 Å². The highest BCUT2D eigenvalue weighted by atomic mass is 32.2. The molecule has 1 saturated heterocycles. The van der Waals surface area contributed by atoms with Gasteiger partial charge in [0, 0.05) is 19.5 Å². The van der Waals surface area contributed by atoms with Crippen LogP contribution in [0.25, 0.3) is 0 Å². The molecule has 0 unspecified atom stereocenters. The maximum Gasteiger partial charge on any atom is 0.236 e. The molecule has 1 aliphatic rings. The van der Waals surface area contributed by atoms with Crippen molar-refractivity contribution in [1.29, 1.82) is 0 Å². The van der Waals surface area contributed by atoms with Crippen LogP contribution in [0.1, 0.15) is 11.5 Å². The van der Waals surface area contributed by atoms with E-state index < -0.39 is 9.84 Å². The quantitative estimate of drug-likeness (QED) is 0.613. The first-order chi connectivity index (χ1) is 14.1. The summed E-state index contributed by atoms with van der Waals surface area (Å²) in [6, 6.07) is 16.0. The summed E-state index contributed by atoms with van der Waals surface area (Å²) in [6.07, 6.45) is 0.413. The minimum absolute atomic E-state index is 0.0597. The summed E-state index contributed by atoms with van der Waals surface area (Å²) < 4.78 is 43.2. The van der Waals surface area contributed by atoms with E-state index in [9.17, 15) is 8.42 Å². The van der Waals surface area contributed by atoms with Gasteiger partial charge in [-0.05, 0) is 29.8 Å². The number of oxazole rings is 1. The van der Waals surface area contributed by atoms with E-state index in [0.29, 0.717) is 44.4 Å². The van der Waals surface area contributed by atoms with Crippen molar-refractivity contribution in [3.8, 4) is 5.75 Å². The molecule has 0 bridgehead atoms. The van der Waals surface area contributed by atoms with E-state index in [0.717, 1.165) is 5.56 Å². The van der Waals surface area contributed by atoms with Gasteiger partial charge in [0.1, 0.15) is 5.75 Å². The third kappa shape index (κ3) is 4.13. The normalized spacial score (nSPS) is 14.7. The van der Waals surface area contributed by atoms with Crippen molar-refractivity contribution in [2.45, 2.75) is 16.3 Å². The predicted octanol–water partition coefficient (Wildman–Crippen LogP) is 2.94. The van der Waals surface area contributed by atoms with Crippen LogP contribution in [0.4, 0.5) is 5.88 Å². The van der Waals surface area contributed by atoms with Gasteiger partial charge in [0.15, 0.2) is 0 Å². The highest BCUT2D eigenvalue weighted by molar-refractivity contribution is 7.91. The molecule has 4 rings (SSSR count). The maximum absolute atomic E-state index is 13.3. The number of methoxy groups -OCH3 is 1. The van der Waals surface area contributed by atoms with Crippen molar-refractivity contribution in [2.75, 3.05) is 38.3 Å². The molecule has 1 aromatic heterocycles. The summed E-state index contributed by atoms with van der Waals surface area (Å²) in [5, 5.41) is -0.0597. The van der Waals surface area contributed by atoms with Gasteiger partial charge in [0.2, 0.25) is 26.6 Å². The maximum atomic E-state index is 13.3. The molecular formula is C21H22N2O5S. The Labute approximate surface area is 169 Å². The number of rotatable bonds is 6. The smallest absolute Gasteiger partial charge is 0.236 e. The first-order valence-electron chi connectivity index (χ1n) is 9.33. The number of benzene rings is 2. The largest absolute Gasteiger partial charge is 0.497 e. The number of anilines is 1. The van der Waals surface area contributed by atoms with Gasteiger partial charge in [-0.15, -0.1) is 0 Å². The van der Waals surface area contributed by atoms with Crippen LogP contribution in [0.2, 0.25) is 0 Å². The summed E-state index contributed by atoms with van der Waals surface area (Å²) in [6.45, 7) is 2.11. The van der Waals surface area contributed by atoms with Gasteiger partial charge in [0.25, 0.3) is 0 Å². The Morgan fingerprint density at radius 1 is 1.03 bits per heavy atom. The molecule has 2 heterocycles. The third-order valence-corrected chi connectivity index (χ3v) is 6.41. The first kappa shape index (κ1) is 19.5. The minimum Gasteiger partial charge on any atom is -0.497 e. The van der Waals surface area contributed by atoms with Gasteiger partial charge < -0.3 is 18.8 Å². The first-order valence-corrected chi connectivity index (χ1v) is 10.8. The summed E-state index contributed by atoms with van der Waals surface area (Å²) in [5.41, 5.74) is 0.996. The molecule has 29 heavy (non-hydrogen) atoms. The van der Waals surface area contributed by atoms with Gasteiger partial charge in [-0.1, -0.05) is 30.3 Å². The number of aromatic nitrogens is 1. The summed E-state index contributed by atoms with van der Waals surface area (Å²) in [4.78, 5) is 6.43. The molecule has 0 atom stereocenters. The molecule has 0 spiro atoms. The average molecular weight is 414 g/mol. The van der Waals surface area contributed by atoms with Crippen LogP contribution in [-0.2, 0) is 21.0 Å². The Morgan fingerprint density at radius 2 is 1.72 bits per heavy atom. The molecule has 0 aliphatic carbocycles. The van der Waals surface area contributed by atoms with Crippen molar-refractivity contribution in [3.63, 3.8) is 0 Å². The molecule has 3 aromatic rings. The van der Waals surface area contributed by atoms with Crippen LogP contribution in [0.15, 0.2) is 68.9 Å². The van der Waals surface area contributed by atoms with Crippen LogP contribution < -0.4 is 9.64 Å². The molecule has 2 aromatic carbocycles. The predicted molar refractivity (Wildman–Crippen MR) is 107 cm³/mol. The zero-order valence-corrected chi connectivity index (χ0v) is 16.9. The molecular weight excluding hydrogens is 392 g/mol. The summed E-state index contributed by atoms with van der Waals surface area (Å²) in [7, 11) is -2.32. The topological polar surface area (TPSA) is 81.9 Å². The van der Waals surface area contributed by atoms with Gasteiger partial charge in [-0.3, -0.25) is 0 Å². The Kier molecular flexibility index (Phi) is 5.55. The lowest BCUT2D eigenvalue weighted by molar-refractivity contribution is 0.120. The second-order valence-corrected chi connectivity index (χ2v) is 8.52. The molecule has 1 aliphatic heterocycles. The van der Waals surface area contributed by atoms with E-state index in [1.165, 1.54) is 19.2 Å². The van der Waals surface area contributed by atoms with Gasteiger partial charge in [0.05, 0.1) is 25.2 Å². The number of sulfone groups is 1. The standard InChI is InChI=1S/C21H22N2O5S/c1-26-17-7-9-18(10-8-17)29(24,25)20-21(23-11-13-27-14-12-23)28-19(22-20)15-16-5-3-2-4-6-16/h2-10H,11-15H2,1H3. The summed E-state index contributed by atoms with van der Waals surface area (Å²) >= 11 is 0. The lowest BCUT2D eigenvalue weighted by atomic mass is 10.2. The lowest BCUT2D eigenvalue weighted by Gasteiger charge is -2.26. The molecule has 8 heteroatoms. The number of hydrogen-bond acceptors (Lipinski definition) is 7. The molecule has 0 saturated carbocycles. The van der Waals surface area contributed by atoms with E-state index in [1.807, 2.05) is 35.2 Å². The SMILES string of the molecule is COc1ccc(S(=O)(=O)c2nc(Cc3ccccc3)oc2N2CCOCC2)cc1. The zero-order valence-electron chi connectivity index (χ0n) is 16.1. The average Bonchev–Trinajstić information content (AvgIpc) is 3.20. The highest BCUT2D eigenvalue weighted by Gasteiger charge is 2.31. The fourth-order valence-corrected chi connectivity index (χ4v) is 4.53. The van der Waals surface area contributed by atoms with Crippen LogP contribution in [-0.4, -0.2) is 46.8 Å². The summed E-state index contributed by atoms with van der Waals surface area (Å²) in [5.74, 6) is 1.22. The molecule has 1 fully saturated rings. The third-order valence-electron chi connectivity index (χ3n) is 4.74. The fraction of sp³-hybridized carbons (Fsp3) is 0.286. The number of morpholine rings is 1. The number of ether oxygens (including phenoxy) is 2. The lowest BCUT2D eigenvalue weighted by Crippen LogP contribution is -2.36. The second kappa shape index (κ2) is 8.26. The van der Waals surface area contributed by atoms with Crippen molar-refractivity contribution >= 4 is 15.7 Å². The van der Waals surface area contributed by atoms with Crippen LogP contribution in [0, 0.1) is 0 Å². The monoisotopic (exact) mass is 414 g/mol. The molecule has 152 valence electrons. The Balaban J connectivity index is 1.74. The zero-order chi connectivity index (χ0) is 20.3. The van der Waals surface area contributed by atoms with Crippen molar-refractivity contribution in [1.82, 2.24) is 4.98 Å². The number of nitrogens with zero attached hydrogens (tertiary/aromatic N) is 2. The van der Waals surface area contributed by atoms with Crippen molar-refractivity contribution in [3.05, 3.63) is 66.1 Å².